The third-order valence-electron chi connectivity index (χ3n) is 4.27. The first-order valence-electron chi connectivity index (χ1n) is 7.92. The zero-order chi connectivity index (χ0) is 16.4. The number of halogens is 1. The average molecular weight is 318 g/mol. The molecule has 0 atom stereocenters. The van der Waals surface area contributed by atoms with Crippen molar-refractivity contribution in [2.75, 3.05) is 13.1 Å². The highest BCUT2D eigenvalue weighted by Crippen LogP contribution is 2.21. The van der Waals surface area contributed by atoms with Crippen molar-refractivity contribution >= 4 is 16.8 Å². The molecule has 0 spiro atoms. The van der Waals surface area contributed by atoms with E-state index in [0.717, 1.165) is 6.42 Å². The first-order chi connectivity index (χ1) is 11.1. The first kappa shape index (κ1) is 15.6. The van der Waals surface area contributed by atoms with Gasteiger partial charge in [-0.05, 0) is 31.4 Å². The van der Waals surface area contributed by atoms with Crippen molar-refractivity contribution < 1.29 is 9.18 Å². The van der Waals surface area contributed by atoms with Gasteiger partial charge in [0.1, 0.15) is 11.3 Å². The highest BCUT2D eigenvalue weighted by Gasteiger charge is 2.25. The molecule has 0 N–H and O–H groups in total. The van der Waals surface area contributed by atoms with E-state index in [2.05, 4.69) is 10.3 Å². The van der Waals surface area contributed by atoms with Crippen LogP contribution in [0, 0.1) is 5.82 Å². The summed E-state index contributed by atoms with van der Waals surface area (Å²) < 4.78 is 14.6. The second-order valence-corrected chi connectivity index (χ2v) is 5.86. The van der Waals surface area contributed by atoms with E-state index in [1.54, 1.807) is 0 Å². The Labute approximate surface area is 132 Å². The van der Waals surface area contributed by atoms with Gasteiger partial charge in [-0.15, -0.1) is 5.10 Å². The Hall–Kier alpha value is -2.31. The Morgan fingerprint density at radius 3 is 2.78 bits per heavy atom. The van der Waals surface area contributed by atoms with Crippen LogP contribution in [0.25, 0.3) is 10.9 Å². The molecule has 1 fully saturated rings. The van der Waals surface area contributed by atoms with Crippen molar-refractivity contribution in [1.82, 2.24) is 19.9 Å². The van der Waals surface area contributed by atoms with Gasteiger partial charge in [0.2, 0.25) is 5.91 Å². The van der Waals surface area contributed by atoms with Gasteiger partial charge >= 0.3 is 0 Å². The van der Waals surface area contributed by atoms with Crippen LogP contribution in [0.2, 0.25) is 0 Å². The molecule has 2 heterocycles. The molecule has 2 aromatic rings. The molecule has 1 aromatic heterocycles. The molecule has 23 heavy (non-hydrogen) atoms. The van der Waals surface area contributed by atoms with Gasteiger partial charge in [-0.2, -0.15) is 0 Å². The number of carbonyl (C=O) groups excluding carboxylic acids is 1. The molecule has 6 nitrogen and oxygen atoms in total. The van der Waals surface area contributed by atoms with Crippen molar-refractivity contribution in [2.24, 2.45) is 0 Å². The predicted molar refractivity (Wildman–Crippen MR) is 83.5 cm³/mol. The summed E-state index contributed by atoms with van der Waals surface area (Å²) in [7, 11) is 0. The first-order valence-corrected chi connectivity index (χ1v) is 7.92. The van der Waals surface area contributed by atoms with Gasteiger partial charge in [0.05, 0.1) is 11.4 Å². The van der Waals surface area contributed by atoms with Gasteiger partial charge in [0, 0.05) is 25.6 Å². The average Bonchev–Trinajstić information content (AvgIpc) is 2.55. The largest absolute Gasteiger partial charge is 0.343 e. The van der Waals surface area contributed by atoms with Gasteiger partial charge in [-0.25, -0.2) is 9.07 Å². The van der Waals surface area contributed by atoms with E-state index in [9.17, 15) is 14.0 Å². The molecule has 0 saturated carbocycles. The monoisotopic (exact) mass is 318 g/mol. The van der Waals surface area contributed by atoms with Crippen LogP contribution in [-0.4, -0.2) is 38.9 Å². The number of aromatic nitrogens is 3. The highest BCUT2D eigenvalue weighted by molar-refractivity contribution is 5.77. The maximum absolute atomic E-state index is 13.2. The molecule has 0 unspecified atom stereocenters. The van der Waals surface area contributed by atoms with Crippen LogP contribution in [0.5, 0.6) is 0 Å². The molecular formula is C16H19FN4O2. The molecule has 0 bridgehead atoms. The fourth-order valence-corrected chi connectivity index (χ4v) is 3.00. The molecule has 122 valence electrons. The summed E-state index contributed by atoms with van der Waals surface area (Å²) in [4.78, 5) is 26.3. The molecule has 1 aliphatic rings. The maximum atomic E-state index is 13.2. The van der Waals surface area contributed by atoms with Gasteiger partial charge in [-0.1, -0.05) is 12.1 Å². The molecular weight excluding hydrogens is 299 g/mol. The molecule has 1 aromatic carbocycles. The molecule has 1 amide bonds. The Balaban J connectivity index is 1.80. The zero-order valence-corrected chi connectivity index (χ0v) is 13.0. The number of fused-ring (bicyclic) bond motifs is 1. The van der Waals surface area contributed by atoms with E-state index in [0.29, 0.717) is 37.7 Å². The third-order valence-corrected chi connectivity index (χ3v) is 4.27. The summed E-state index contributed by atoms with van der Waals surface area (Å²) >= 11 is 0. The summed E-state index contributed by atoms with van der Waals surface area (Å²) in [5, 5.41) is 8.28. The minimum absolute atomic E-state index is 0.0740. The van der Waals surface area contributed by atoms with Crippen molar-refractivity contribution in [3.63, 3.8) is 0 Å². The second kappa shape index (κ2) is 6.44. The van der Waals surface area contributed by atoms with Gasteiger partial charge in [0.25, 0.3) is 5.56 Å². The summed E-state index contributed by atoms with van der Waals surface area (Å²) in [6.07, 6.45) is 2.75. The molecule has 0 aliphatic carbocycles. The quantitative estimate of drug-likeness (QED) is 0.867. The Morgan fingerprint density at radius 2 is 2.09 bits per heavy atom. The number of benzene rings is 1. The van der Waals surface area contributed by atoms with Crippen LogP contribution in [0.4, 0.5) is 4.39 Å². The molecule has 1 saturated heterocycles. The fourth-order valence-electron chi connectivity index (χ4n) is 3.00. The van der Waals surface area contributed by atoms with E-state index >= 15 is 0 Å². The number of rotatable bonds is 3. The van der Waals surface area contributed by atoms with Crippen LogP contribution >= 0.6 is 0 Å². The molecule has 1 aliphatic heterocycles. The fraction of sp³-hybridized carbons (Fsp3) is 0.500. The van der Waals surface area contributed by atoms with Crippen LogP contribution < -0.4 is 5.56 Å². The number of hydrogen-bond donors (Lipinski definition) is 0. The zero-order valence-electron chi connectivity index (χ0n) is 13.0. The summed E-state index contributed by atoms with van der Waals surface area (Å²) in [6.45, 7) is 3.23. The Kier molecular flexibility index (Phi) is 4.36. The van der Waals surface area contributed by atoms with E-state index in [4.69, 9.17) is 0 Å². The SMILES string of the molecule is CCCC(=O)N1CCC(n2nnc3cc(F)ccc3c2=O)CC1. The lowest BCUT2D eigenvalue weighted by atomic mass is 10.0. The van der Waals surface area contributed by atoms with E-state index in [1.807, 2.05) is 11.8 Å². The van der Waals surface area contributed by atoms with E-state index < -0.39 is 5.82 Å². The molecule has 0 radical (unpaired) electrons. The molecule has 7 heteroatoms. The summed E-state index contributed by atoms with van der Waals surface area (Å²) in [6, 6.07) is 3.83. The van der Waals surface area contributed by atoms with Crippen LogP contribution in [-0.2, 0) is 4.79 Å². The van der Waals surface area contributed by atoms with Crippen molar-refractivity contribution in [1.29, 1.82) is 0 Å². The Morgan fingerprint density at radius 1 is 1.35 bits per heavy atom. The number of carbonyl (C=O) groups is 1. The summed E-state index contributed by atoms with van der Waals surface area (Å²) in [5.41, 5.74) is 0.00939. The number of amides is 1. The van der Waals surface area contributed by atoms with E-state index in [1.165, 1.54) is 22.9 Å². The maximum Gasteiger partial charge on any atom is 0.277 e. The van der Waals surface area contributed by atoms with E-state index in [-0.39, 0.29) is 23.0 Å². The standard InChI is InChI=1S/C16H19FN4O2/c1-2-3-15(22)20-8-6-12(7-9-20)21-16(23)13-5-4-11(17)10-14(13)18-19-21/h4-5,10,12H,2-3,6-9H2,1H3. The smallest absolute Gasteiger partial charge is 0.277 e. The lowest BCUT2D eigenvalue weighted by Crippen LogP contribution is -2.41. The lowest BCUT2D eigenvalue weighted by Gasteiger charge is -2.32. The highest BCUT2D eigenvalue weighted by atomic mass is 19.1. The summed E-state index contributed by atoms with van der Waals surface area (Å²) in [5.74, 6) is -0.273. The van der Waals surface area contributed by atoms with Gasteiger partial charge in [-0.3, -0.25) is 9.59 Å². The predicted octanol–water partition coefficient (Wildman–Crippen LogP) is 1.89. The van der Waals surface area contributed by atoms with Gasteiger partial charge < -0.3 is 4.90 Å². The molecule has 3 rings (SSSR count). The van der Waals surface area contributed by atoms with Crippen molar-refractivity contribution in [3.8, 4) is 0 Å². The minimum Gasteiger partial charge on any atom is -0.343 e. The topological polar surface area (TPSA) is 68.1 Å². The number of piperidine rings is 1. The Bertz CT molecular complexity index is 781. The van der Waals surface area contributed by atoms with Crippen molar-refractivity contribution in [3.05, 3.63) is 34.4 Å². The van der Waals surface area contributed by atoms with Crippen molar-refractivity contribution in [2.45, 2.75) is 38.6 Å². The number of nitrogens with zero attached hydrogens (tertiary/aromatic N) is 4. The minimum atomic E-state index is -0.438. The number of hydrogen-bond acceptors (Lipinski definition) is 4. The number of likely N-dealkylation sites (tertiary alicyclic amines) is 1. The second-order valence-electron chi connectivity index (χ2n) is 5.86. The van der Waals surface area contributed by atoms with Crippen LogP contribution in [0.15, 0.2) is 23.0 Å². The third kappa shape index (κ3) is 3.09. The van der Waals surface area contributed by atoms with Crippen LogP contribution in [0.3, 0.4) is 0 Å². The lowest BCUT2D eigenvalue weighted by molar-refractivity contribution is -0.132. The van der Waals surface area contributed by atoms with Gasteiger partial charge in [0.15, 0.2) is 0 Å². The normalized spacial score (nSPS) is 16.0. The van der Waals surface area contributed by atoms with Crippen LogP contribution in [0.1, 0.15) is 38.6 Å².